The van der Waals surface area contributed by atoms with Gasteiger partial charge in [-0.25, -0.2) is 18.7 Å². The van der Waals surface area contributed by atoms with Crippen molar-refractivity contribution in [1.82, 2.24) is 24.9 Å². The SMILES string of the molecule is O=C(NC1CC1)Oc1cnn2ccc(N3CCC[C@@H]3c3cncc(F)c3)nc12. The number of nitrogens with zero attached hydrogens (tertiary/aromatic N) is 5. The molecule has 0 radical (unpaired) electrons. The van der Waals surface area contributed by atoms with Crippen molar-refractivity contribution >= 4 is 17.6 Å². The first-order valence-electron chi connectivity index (χ1n) is 9.37. The van der Waals surface area contributed by atoms with Crippen LogP contribution in [0.5, 0.6) is 5.75 Å². The first kappa shape index (κ1) is 16.9. The maximum Gasteiger partial charge on any atom is 0.413 e. The van der Waals surface area contributed by atoms with E-state index >= 15 is 0 Å². The van der Waals surface area contributed by atoms with Crippen molar-refractivity contribution in [2.24, 2.45) is 0 Å². The second-order valence-corrected chi connectivity index (χ2v) is 7.16. The third-order valence-corrected chi connectivity index (χ3v) is 5.08. The van der Waals surface area contributed by atoms with E-state index in [4.69, 9.17) is 4.74 Å². The van der Waals surface area contributed by atoms with Gasteiger partial charge in [-0.1, -0.05) is 0 Å². The highest BCUT2D eigenvalue weighted by molar-refractivity contribution is 5.74. The van der Waals surface area contributed by atoms with Crippen LogP contribution in [0, 0.1) is 5.82 Å². The van der Waals surface area contributed by atoms with E-state index in [0.29, 0.717) is 11.4 Å². The Morgan fingerprint density at radius 3 is 2.96 bits per heavy atom. The van der Waals surface area contributed by atoms with E-state index in [0.717, 1.165) is 43.6 Å². The van der Waals surface area contributed by atoms with Crippen molar-refractivity contribution in [3.05, 3.63) is 48.3 Å². The molecule has 3 aromatic rings. The molecule has 2 aliphatic rings. The number of carbonyl (C=O) groups excluding carboxylic acids is 1. The number of pyridine rings is 1. The quantitative estimate of drug-likeness (QED) is 0.747. The van der Waals surface area contributed by atoms with Gasteiger partial charge in [0, 0.05) is 25.0 Å². The Labute approximate surface area is 160 Å². The Morgan fingerprint density at radius 2 is 2.14 bits per heavy atom. The van der Waals surface area contributed by atoms with Gasteiger partial charge < -0.3 is 15.0 Å². The zero-order valence-corrected chi connectivity index (χ0v) is 15.1. The molecule has 9 heteroatoms. The van der Waals surface area contributed by atoms with E-state index in [1.165, 1.54) is 18.5 Å². The van der Waals surface area contributed by atoms with Gasteiger partial charge in [-0.05, 0) is 43.4 Å². The van der Waals surface area contributed by atoms with Crippen LogP contribution < -0.4 is 15.0 Å². The average molecular weight is 382 g/mol. The highest BCUT2D eigenvalue weighted by Gasteiger charge is 2.29. The van der Waals surface area contributed by atoms with Crippen molar-refractivity contribution in [3.63, 3.8) is 0 Å². The van der Waals surface area contributed by atoms with Crippen LogP contribution >= 0.6 is 0 Å². The van der Waals surface area contributed by atoms with E-state index in [1.807, 2.05) is 6.07 Å². The van der Waals surface area contributed by atoms with E-state index in [2.05, 4.69) is 25.3 Å². The van der Waals surface area contributed by atoms with E-state index in [-0.39, 0.29) is 17.9 Å². The Bertz CT molecular complexity index is 1030. The minimum Gasteiger partial charge on any atom is -0.405 e. The molecule has 8 nitrogen and oxygen atoms in total. The summed E-state index contributed by atoms with van der Waals surface area (Å²) in [5, 5.41) is 6.98. The van der Waals surface area contributed by atoms with Gasteiger partial charge in [-0.2, -0.15) is 5.10 Å². The molecular weight excluding hydrogens is 363 g/mol. The van der Waals surface area contributed by atoms with Crippen molar-refractivity contribution < 1.29 is 13.9 Å². The molecule has 1 aliphatic heterocycles. The Kier molecular flexibility index (Phi) is 4.07. The summed E-state index contributed by atoms with van der Waals surface area (Å²) in [5.41, 5.74) is 1.29. The molecule has 1 amide bonds. The molecule has 0 unspecified atom stereocenters. The minimum absolute atomic E-state index is 0.00334. The van der Waals surface area contributed by atoms with Crippen LogP contribution in [0.3, 0.4) is 0 Å². The Morgan fingerprint density at radius 1 is 1.25 bits per heavy atom. The summed E-state index contributed by atoms with van der Waals surface area (Å²) in [6.07, 6.45) is 9.50. The van der Waals surface area contributed by atoms with Gasteiger partial charge in [0.2, 0.25) is 5.65 Å². The Hall–Kier alpha value is -3.23. The number of aromatic nitrogens is 4. The maximum atomic E-state index is 13.6. The smallest absolute Gasteiger partial charge is 0.405 e. The summed E-state index contributed by atoms with van der Waals surface area (Å²) in [6.45, 7) is 0.802. The van der Waals surface area contributed by atoms with Crippen LogP contribution in [0.2, 0.25) is 0 Å². The van der Waals surface area contributed by atoms with Crippen LogP contribution in [-0.2, 0) is 0 Å². The maximum absolute atomic E-state index is 13.6. The number of carbonyl (C=O) groups is 1. The van der Waals surface area contributed by atoms with Crippen LogP contribution in [0.1, 0.15) is 37.3 Å². The van der Waals surface area contributed by atoms with Crippen LogP contribution in [-0.4, -0.2) is 38.3 Å². The number of amides is 1. The Balaban J connectivity index is 1.43. The van der Waals surface area contributed by atoms with Crippen LogP contribution in [0.25, 0.3) is 5.65 Å². The van der Waals surface area contributed by atoms with Gasteiger partial charge in [-0.3, -0.25) is 4.98 Å². The van der Waals surface area contributed by atoms with Gasteiger partial charge in [0.1, 0.15) is 11.6 Å². The van der Waals surface area contributed by atoms with E-state index in [1.54, 1.807) is 16.9 Å². The minimum atomic E-state index is -0.491. The van der Waals surface area contributed by atoms with Gasteiger partial charge in [-0.15, -0.1) is 0 Å². The molecule has 0 spiro atoms. The molecule has 0 aromatic carbocycles. The lowest BCUT2D eigenvalue weighted by Crippen LogP contribution is -2.28. The molecule has 2 fully saturated rings. The molecule has 5 rings (SSSR count). The molecule has 1 saturated heterocycles. The van der Waals surface area contributed by atoms with Crippen LogP contribution in [0.4, 0.5) is 15.0 Å². The second-order valence-electron chi connectivity index (χ2n) is 7.16. The van der Waals surface area contributed by atoms with Crippen molar-refractivity contribution in [2.45, 2.75) is 37.8 Å². The average Bonchev–Trinajstić information content (AvgIpc) is 3.21. The van der Waals surface area contributed by atoms with Gasteiger partial charge in [0.15, 0.2) is 5.75 Å². The lowest BCUT2D eigenvalue weighted by molar-refractivity contribution is 0.200. The van der Waals surface area contributed by atoms with Crippen molar-refractivity contribution in [1.29, 1.82) is 0 Å². The number of anilines is 1. The lowest BCUT2D eigenvalue weighted by Gasteiger charge is -2.26. The fourth-order valence-corrected chi connectivity index (χ4v) is 3.59. The van der Waals surface area contributed by atoms with Crippen LogP contribution in [0.15, 0.2) is 36.9 Å². The second kappa shape index (κ2) is 6.74. The zero-order chi connectivity index (χ0) is 19.1. The number of hydrogen-bond acceptors (Lipinski definition) is 6. The standard InChI is InChI=1S/C19H19FN6O2/c20-13-8-12(9-21-10-13)15-2-1-6-25(15)17-5-7-26-18(24-17)16(11-22-26)28-19(27)23-14-3-4-14/h5,7-11,14-15H,1-4,6H2,(H,23,27)/t15-/m1/s1. The number of rotatable bonds is 4. The summed E-state index contributed by atoms with van der Waals surface area (Å²) in [5.74, 6) is 0.691. The first-order chi connectivity index (χ1) is 13.7. The molecule has 28 heavy (non-hydrogen) atoms. The van der Waals surface area contributed by atoms with Crippen molar-refractivity contribution in [2.75, 3.05) is 11.4 Å². The third kappa shape index (κ3) is 3.23. The van der Waals surface area contributed by atoms with Gasteiger partial charge >= 0.3 is 6.09 Å². The summed E-state index contributed by atoms with van der Waals surface area (Å²) in [7, 11) is 0. The summed E-state index contributed by atoms with van der Waals surface area (Å²) in [6, 6.07) is 3.59. The predicted molar refractivity (Wildman–Crippen MR) is 98.7 cm³/mol. The van der Waals surface area contributed by atoms with E-state index in [9.17, 15) is 9.18 Å². The molecule has 1 N–H and O–H groups in total. The molecule has 1 atom stereocenters. The normalized spacial score (nSPS) is 19.2. The zero-order valence-electron chi connectivity index (χ0n) is 15.1. The number of hydrogen-bond donors (Lipinski definition) is 1. The molecule has 4 heterocycles. The molecule has 3 aromatic heterocycles. The highest BCUT2D eigenvalue weighted by atomic mass is 19.1. The van der Waals surface area contributed by atoms with Gasteiger partial charge in [0.25, 0.3) is 0 Å². The fourth-order valence-electron chi connectivity index (χ4n) is 3.59. The predicted octanol–water partition coefficient (Wildman–Crippen LogP) is 2.86. The van der Waals surface area contributed by atoms with Gasteiger partial charge in [0.05, 0.1) is 18.4 Å². The topological polar surface area (TPSA) is 84.6 Å². The molecular formula is C19H19FN6O2. The summed E-state index contributed by atoms with van der Waals surface area (Å²) >= 11 is 0. The molecule has 1 aliphatic carbocycles. The lowest BCUT2D eigenvalue weighted by atomic mass is 10.1. The number of halogens is 1. The number of ether oxygens (including phenoxy) is 1. The van der Waals surface area contributed by atoms with Crippen molar-refractivity contribution in [3.8, 4) is 5.75 Å². The number of fused-ring (bicyclic) bond motifs is 1. The fraction of sp³-hybridized carbons (Fsp3) is 0.368. The summed E-state index contributed by atoms with van der Waals surface area (Å²) in [4.78, 5) is 22.7. The summed E-state index contributed by atoms with van der Waals surface area (Å²) < 4.78 is 20.6. The molecule has 144 valence electrons. The first-order valence-corrected chi connectivity index (χ1v) is 9.37. The molecule has 0 bridgehead atoms. The third-order valence-electron chi connectivity index (χ3n) is 5.08. The number of nitrogens with one attached hydrogen (secondary N) is 1. The van der Waals surface area contributed by atoms with E-state index < -0.39 is 6.09 Å². The highest BCUT2D eigenvalue weighted by Crippen LogP contribution is 2.35. The monoisotopic (exact) mass is 382 g/mol. The largest absolute Gasteiger partial charge is 0.413 e. The molecule has 1 saturated carbocycles.